The van der Waals surface area contributed by atoms with Crippen molar-refractivity contribution in [3.8, 4) is 0 Å². The number of thiocarbonyl (C=S) groups is 1. The van der Waals surface area contributed by atoms with E-state index in [0.717, 1.165) is 6.21 Å². The van der Waals surface area contributed by atoms with Crippen molar-refractivity contribution >= 4 is 29.3 Å². The molecule has 3 nitrogen and oxygen atoms in total. The second-order valence-electron chi connectivity index (χ2n) is 1.60. The molecule has 0 heterocycles. The van der Waals surface area contributed by atoms with Crippen LogP contribution in [0.2, 0.25) is 0 Å². The average molecular weight is 162 g/mol. The number of nitrogens with zero attached hydrogens (tertiary/aromatic N) is 1. The van der Waals surface area contributed by atoms with Crippen LogP contribution in [0, 0.1) is 0 Å². The van der Waals surface area contributed by atoms with Gasteiger partial charge >= 0.3 is 0 Å². The monoisotopic (exact) mass is 162 g/mol. The topological polar surface area (TPSA) is 55.4 Å². The number of halogens is 1. The van der Waals surface area contributed by atoms with Gasteiger partial charge in [-0.2, -0.15) is 0 Å². The number of carbonyl (C=O) groups is 1. The molecule has 10 heavy (non-hydrogen) atoms. The number of primary amides is 1. The predicted molar refractivity (Wildman–Crippen MR) is 40.9 cm³/mol. The summed E-state index contributed by atoms with van der Waals surface area (Å²) in [5, 5.41) is 0. The third-order valence-electron chi connectivity index (χ3n) is 0.659. The molecule has 0 aromatic rings. The van der Waals surface area contributed by atoms with E-state index in [9.17, 15) is 9.18 Å². The number of nitrogens with two attached hydrogens (primary N) is 1. The van der Waals surface area contributed by atoms with E-state index >= 15 is 0 Å². The summed E-state index contributed by atoms with van der Waals surface area (Å²) >= 11 is 4.48. The molecule has 0 aromatic carbocycles. The van der Waals surface area contributed by atoms with Crippen LogP contribution in [-0.4, -0.2) is 23.3 Å². The number of alkyl halides is 1. The number of carbonyl (C=O) groups excluding carboxylic acids is 1. The van der Waals surface area contributed by atoms with Crippen LogP contribution in [0.3, 0.4) is 0 Å². The Morgan fingerprint density at radius 1 is 1.90 bits per heavy atom. The summed E-state index contributed by atoms with van der Waals surface area (Å²) in [4.78, 5) is 13.7. The van der Waals surface area contributed by atoms with Gasteiger partial charge in [-0.25, -0.2) is 4.39 Å². The average Bonchev–Trinajstić information content (AvgIpc) is 1.82. The van der Waals surface area contributed by atoms with Crippen molar-refractivity contribution in [2.75, 3.05) is 0 Å². The Labute approximate surface area is 63.1 Å². The maximum atomic E-state index is 12.2. The van der Waals surface area contributed by atoms with Gasteiger partial charge in [-0.1, -0.05) is 12.2 Å². The zero-order chi connectivity index (χ0) is 8.15. The molecule has 1 atom stereocenters. The quantitative estimate of drug-likeness (QED) is 0.466. The third kappa shape index (κ3) is 4.08. The van der Waals surface area contributed by atoms with Gasteiger partial charge in [0.05, 0.1) is 4.99 Å². The first-order valence-electron chi connectivity index (χ1n) is 2.52. The van der Waals surface area contributed by atoms with Gasteiger partial charge in [-0.3, -0.25) is 9.79 Å². The fourth-order valence-electron chi connectivity index (χ4n) is 0.244. The van der Waals surface area contributed by atoms with Gasteiger partial charge in [0.15, 0.2) is 0 Å². The summed E-state index contributed by atoms with van der Waals surface area (Å²) in [6, 6.07) is 0. The zero-order valence-corrected chi connectivity index (χ0v) is 6.19. The van der Waals surface area contributed by atoms with Crippen molar-refractivity contribution < 1.29 is 9.18 Å². The summed E-state index contributed by atoms with van der Waals surface area (Å²) in [7, 11) is 0. The van der Waals surface area contributed by atoms with Gasteiger partial charge in [-0.15, -0.1) is 0 Å². The largest absolute Gasteiger partial charge is 0.367 e. The summed E-state index contributed by atoms with van der Waals surface area (Å²) < 4.78 is 12.2. The molecule has 0 aliphatic rings. The van der Waals surface area contributed by atoms with Crippen LogP contribution in [0.1, 0.15) is 6.92 Å². The second-order valence-corrected chi connectivity index (χ2v) is 2.19. The smallest absolute Gasteiger partial charge is 0.257 e. The molecular weight excluding hydrogens is 155 g/mol. The minimum Gasteiger partial charge on any atom is -0.367 e. The van der Waals surface area contributed by atoms with Gasteiger partial charge in [0.2, 0.25) is 6.17 Å². The third-order valence-corrected chi connectivity index (χ3v) is 0.764. The fraction of sp³-hybridized carbons (Fsp3) is 0.400. The summed E-state index contributed by atoms with van der Waals surface area (Å²) in [5.74, 6) is -1.06. The molecule has 0 spiro atoms. The van der Waals surface area contributed by atoms with E-state index in [4.69, 9.17) is 0 Å². The Morgan fingerprint density at radius 3 is 2.70 bits per heavy atom. The second kappa shape index (κ2) is 4.05. The van der Waals surface area contributed by atoms with Crippen molar-refractivity contribution in [3.63, 3.8) is 0 Å². The zero-order valence-electron chi connectivity index (χ0n) is 5.37. The predicted octanol–water partition coefficient (Wildman–Crippen LogP) is 0.228. The van der Waals surface area contributed by atoms with Gasteiger partial charge < -0.3 is 5.73 Å². The highest BCUT2D eigenvalue weighted by Gasteiger charge is 2.08. The molecule has 0 bridgehead atoms. The minimum absolute atomic E-state index is 0.268. The lowest BCUT2D eigenvalue weighted by Gasteiger charge is -1.92. The molecule has 0 saturated carbocycles. The molecule has 5 heteroatoms. The molecule has 0 aromatic heterocycles. The fourth-order valence-corrected chi connectivity index (χ4v) is 0.305. The lowest BCUT2D eigenvalue weighted by atomic mass is 10.4. The van der Waals surface area contributed by atoms with Gasteiger partial charge in [0, 0.05) is 6.21 Å². The van der Waals surface area contributed by atoms with Gasteiger partial charge in [-0.05, 0) is 6.92 Å². The Morgan fingerprint density at radius 2 is 2.40 bits per heavy atom. The van der Waals surface area contributed by atoms with Crippen LogP contribution in [-0.2, 0) is 4.79 Å². The standard InChI is InChI=1S/C5H7FN2OS/c1-3(10)8-2-4(6)5(7)9/h2,4H,1H3,(H2,7,9). The first kappa shape index (κ1) is 9.16. The Hall–Kier alpha value is -0.840. The van der Waals surface area contributed by atoms with Crippen LogP contribution in [0.4, 0.5) is 4.39 Å². The highest BCUT2D eigenvalue weighted by atomic mass is 32.1. The molecule has 1 amide bonds. The van der Waals surface area contributed by atoms with Crippen molar-refractivity contribution in [2.45, 2.75) is 13.1 Å². The molecule has 56 valence electrons. The van der Waals surface area contributed by atoms with E-state index in [1.165, 1.54) is 6.92 Å². The number of hydrogen-bond acceptors (Lipinski definition) is 2. The number of aliphatic imine (C=N–C) groups is 1. The van der Waals surface area contributed by atoms with Crippen molar-refractivity contribution in [1.82, 2.24) is 0 Å². The highest BCUT2D eigenvalue weighted by molar-refractivity contribution is 7.80. The maximum Gasteiger partial charge on any atom is 0.257 e. The normalized spacial score (nSPS) is 13.4. The molecule has 0 rings (SSSR count). The van der Waals surface area contributed by atoms with E-state index in [0.29, 0.717) is 0 Å². The van der Waals surface area contributed by atoms with E-state index in [2.05, 4.69) is 22.9 Å². The van der Waals surface area contributed by atoms with Crippen molar-refractivity contribution in [1.29, 1.82) is 0 Å². The number of rotatable bonds is 2. The summed E-state index contributed by atoms with van der Waals surface area (Å²) in [5.41, 5.74) is 4.57. The first-order valence-corrected chi connectivity index (χ1v) is 2.93. The lowest BCUT2D eigenvalue weighted by Crippen LogP contribution is -2.25. The molecule has 0 aliphatic heterocycles. The van der Waals surface area contributed by atoms with Crippen molar-refractivity contribution in [3.05, 3.63) is 0 Å². The maximum absolute atomic E-state index is 12.2. The van der Waals surface area contributed by atoms with Crippen LogP contribution in [0.15, 0.2) is 4.99 Å². The van der Waals surface area contributed by atoms with E-state index in [1.54, 1.807) is 0 Å². The van der Waals surface area contributed by atoms with Crippen LogP contribution < -0.4 is 5.73 Å². The van der Waals surface area contributed by atoms with E-state index < -0.39 is 12.1 Å². The molecule has 0 radical (unpaired) electrons. The number of hydrogen-bond donors (Lipinski definition) is 1. The van der Waals surface area contributed by atoms with E-state index in [1.807, 2.05) is 0 Å². The lowest BCUT2D eigenvalue weighted by molar-refractivity contribution is -0.120. The highest BCUT2D eigenvalue weighted by Crippen LogP contribution is 1.85. The summed E-state index contributed by atoms with van der Waals surface area (Å²) in [6.45, 7) is 1.51. The molecular formula is C5H7FN2OS. The van der Waals surface area contributed by atoms with Crippen molar-refractivity contribution in [2.24, 2.45) is 10.7 Å². The van der Waals surface area contributed by atoms with Crippen LogP contribution >= 0.6 is 12.2 Å². The first-order chi connectivity index (χ1) is 4.54. The van der Waals surface area contributed by atoms with Crippen LogP contribution in [0.5, 0.6) is 0 Å². The molecule has 0 aliphatic carbocycles. The molecule has 0 saturated heterocycles. The molecule has 2 N–H and O–H groups in total. The molecule has 1 unspecified atom stereocenters. The van der Waals surface area contributed by atoms with E-state index in [-0.39, 0.29) is 4.99 Å². The Bertz CT molecular complexity index is 180. The minimum atomic E-state index is -1.84. The Kier molecular flexibility index (Phi) is 3.71. The Balaban J connectivity index is 3.89. The summed E-state index contributed by atoms with van der Waals surface area (Å²) in [6.07, 6.45) is -1.05. The molecule has 0 fully saturated rings. The van der Waals surface area contributed by atoms with Crippen LogP contribution in [0.25, 0.3) is 0 Å². The van der Waals surface area contributed by atoms with Gasteiger partial charge in [0.25, 0.3) is 5.91 Å². The SMILES string of the molecule is CC(=S)N=CC(F)C(N)=O. The number of amides is 1. The van der Waals surface area contributed by atoms with Gasteiger partial charge in [0.1, 0.15) is 0 Å².